The summed E-state index contributed by atoms with van der Waals surface area (Å²) >= 11 is 7.64. The Morgan fingerprint density at radius 1 is 1.17 bits per heavy atom. The van der Waals surface area contributed by atoms with Gasteiger partial charge in [0.15, 0.2) is 5.82 Å². The molecule has 0 saturated heterocycles. The van der Waals surface area contributed by atoms with Crippen molar-refractivity contribution in [2.24, 2.45) is 0 Å². The van der Waals surface area contributed by atoms with Crippen LogP contribution in [0.25, 0.3) is 21.6 Å². The van der Waals surface area contributed by atoms with E-state index in [1.54, 1.807) is 23.5 Å². The molecule has 0 N–H and O–H groups in total. The molecule has 2 heterocycles. The molecule has 0 spiro atoms. The highest BCUT2D eigenvalue weighted by atomic mass is 35.5. The van der Waals surface area contributed by atoms with E-state index in [1.165, 1.54) is 6.07 Å². The lowest BCUT2D eigenvalue weighted by Crippen LogP contribution is -1.92. The molecule has 0 aliphatic rings. The molecule has 2 nitrogen and oxygen atoms in total. The van der Waals surface area contributed by atoms with Crippen molar-refractivity contribution in [3.8, 4) is 10.7 Å². The predicted molar refractivity (Wildman–Crippen MR) is 72.6 cm³/mol. The van der Waals surface area contributed by atoms with Crippen molar-refractivity contribution in [1.29, 1.82) is 0 Å². The Morgan fingerprint density at radius 3 is 2.72 bits per heavy atom. The number of hydrogen-bond acceptors (Lipinski definition) is 3. The molecule has 0 radical (unpaired) electrons. The number of thiophene rings is 1. The number of benzene rings is 1. The van der Waals surface area contributed by atoms with E-state index < -0.39 is 0 Å². The standard InChI is InChI=1S/C13H8ClFN2S/c1-7-5-6-10(18-7)13-16-11-8(12(14)17-13)3-2-4-9(11)15/h2-6H,1H3. The first-order valence-corrected chi connectivity index (χ1v) is 6.53. The minimum Gasteiger partial charge on any atom is -0.224 e. The smallest absolute Gasteiger partial charge is 0.171 e. The molecule has 2 aromatic heterocycles. The molecule has 5 heteroatoms. The molecule has 0 bridgehead atoms. The molecule has 90 valence electrons. The summed E-state index contributed by atoms with van der Waals surface area (Å²) in [4.78, 5) is 10.5. The zero-order chi connectivity index (χ0) is 12.7. The van der Waals surface area contributed by atoms with E-state index in [-0.39, 0.29) is 16.5 Å². The highest BCUT2D eigenvalue weighted by Crippen LogP contribution is 2.29. The number of rotatable bonds is 1. The maximum absolute atomic E-state index is 13.7. The number of halogens is 2. The van der Waals surface area contributed by atoms with Crippen molar-refractivity contribution < 1.29 is 4.39 Å². The van der Waals surface area contributed by atoms with Crippen LogP contribution in [-0.4, -0.2) is 9.97 Å². The summed E-state index contributed by atoms with van der Waals surface area (Å²) in [5, 5.41) is 0.814. The van der Waals surface area contributed by atoms with Gasteiger partial charge in [-0.05, 0) is 31.2 Å². The zero-order valence-electron chi connectivity index (χ0n) is 9.45. The Labute approximate surface area is 112 Å². The van der Waals surface area contributed by atoms with Gasteiger partial charge < -0.3 is 0 Å². The molecule has 1 aromatic carbocycles. The number of hydrogen-bond donors (Lipinski definition) is 0. The third-order valence-electron chi connectivity index (χ3n) is 2.59. The molecule has 0 fully saturated rings. The molecule has 3 aromatic rings. The van der Waals surface area contributed by atoms with Crippen molar-refractivity contribution >= 4 is 33.8 Å². The highest BCUT2D eigenvalue weighted by molar-refractivity contribution is 7.15. The molecule has 0 saturated carbocycles. The maximum Gasteiger partial charge on any atom is 0.171 e. The first kappa shape index (κ1) is 11.6. The van der Waals surface area contributed by atoms with Crippen LogP contribution in [0.3, 0.4) is 0 Å². The summed E-state index contributed by atoms with van der Waals surface area (Å²) in [6, 6.07) is 8.57. The van der Waals surface area contributed by atoms with Gasteiger partial charge in [0, 0.05) is 10.3 Å². The summed E-state index contributed by atoms with van der Waals surface area (Å²) in [6.07, 6.45) is 0. The lowest BCUT2D eigenvalue weighted by molar-refractivity contribution is 0.636. The van der Waals surface area contributed by atoms with Gasteiger partial charge in [-0.3, -0.25) is 0 Å². The second-order valence-corrected chi connectivity index (χ2v) is 5.53. The van der Waals surface area contributed by atoms with Crippen LogP contribution in [0.5, 0.6) is 0 Å². The number of aromatic nitrogens is 2. The molecule has 0 amide bonds. The fourth-order valence-corrected chi connectivity index (χ4v) is 2.78. The number of aryl methyl sites for hydroxylation is 1. The van der Waals surface area contributed by atoms with Gasteiger partial charge in [0.2, 0.25) is 0 Å². The second kappa shape index (κ2) is 4.30. The van der Waals surface area contributed by atoms with Crippen molar-refractivity contribution in [3.63, 3.8) is 0 Å². The molecule has 0 unspecified atom stereocenters. The van der Waals surface area contributed by atoms with Crippen LogP contribution in [0.1, 0.15) is 4.88 Å². The van der Waals surface area contributed by atoms with Gasteiger partial charge >= 0.3 is 0 Å². The normalized spacial score (nSPS) is 11.1. The zero-order valence-corrected chi connectivity index (χ0v) is 11.0. The van der Waals surface area contributed by atoms with E-state index in [9.17, 15) is 4.39 Å². The maximum atomic E-state index is 13.7. The molecular formula is C13H8ClFN2S. The lowest BCUT2D eigenvalue weighted by Gasteiger charge is -2.03. The van der Waals surface area contributed by atoms with Crippen LogP contribution >= 0.6 is 22.9 Å². The van der Waals surface area contributed by atoms with Gasteiger partial charge in [-0.25, -0.2) is 14.4 Å². The topological polar surface area (TPSA) is 25.8 Å². The first-order chi connectivity index (χ1) is 8.65. The number of fused-ring (bicyclic) bond motifs is 1. The average molecular weight is 279 g/mol. The fraction of sp³-hybridized carbons (Fsp3) is 0.0769. The molecule has 0 atom stereocenters. The van der Waals surface area contributed by atoms with Gasteiger partial charge in [0.05, 0.1) is 4.88 Å². The molecular weight excluding hydrogens is 271 g/mol. The van der Waals surface area contributed by atoms with Crippen LogP contribution in [0.2, 0.25) is 5.15 Å². The van der Waals surface area contributed by atoms with Crippen molar-refractivity contribution in [3.05, 3.63) is 46.2 Å². The molecule has 18 heavy (non-hydrogen) atoms. The first-order valence-electron chi connectivity index (χ1n) is 5.34. The summed E-state index contributed by atoms with van der Waals surface area (Å²) in [5.74, 6) is 0.0852. The van der Waals surface area contributed by atoms with Crippen LogP contribution < -0.4 is 0 Å². The minimum absolute atomic E-state index is 0.263. The third-order valence-corrected chi connectivity index (χ3v) is 3.88. The number of para-hydroxylation sites is 1. The van der Waals surface area contributed by atoms with E-state index in [0.29, 0.717) is 11.2 Å². The van der Waals surface area contributed by atoms with E-state index in [4.69, 9.17) is 11.6 Å². The van der Waals surface area contributed by atoms with E-state index in [1.807, 2.05) is 19.1 Å². The Hall–Kier alpha value is -1.52. The average Bonchev–Trinajstić information content (AvgIpc) is 2.77. The molecule has 0 aliphatic carbocycles. The Bertz CT molecular complexity index is 739. The Kier molecular flexibility index (Phi) is 2.76. The fourth-order valence-electron chi connectivity index (χ4n) is 1.74. The van der Waals surface area contributed by atoms with E-state index >= 15 is 0 Å². The molecule has 0 aliphatic heterocycles. The van der Waals surface area contributed by atoms with Crippen LogP contribution in [-0.2, 0) is 0 Å². The minimum atomic E-state index is -0.383. The summed E-state index contributed by atoms with van der Waals surface area (Å²) < 4.78 is 13.7. The summed E-state index contributed by atoms with van der Waals surface area (Å²) in [7, 11) is 0. The number of nitrogens with zero attached hydrogens (tertiary/aromatic N) is 2. The van der Waals surface area contributed by atoms with Crippen molar-refractivity contribution in [2.45, 2.75) is 6.92 Å². The largest absolute Gasteiger partial charge is 0.224 e. The van der Waals surface area contributed by atoms with Gasteiger partial charge in [0.1, 0.15) is 16.5 Å². The van der Waals surface area contributed by atoms with E-state index in [2.05, 4.69) is 9.97 Å². The van der Waals surface area contributed by atoms with Crippen molar-refractivity contribution in [2.75, 3.05) is 0 Å². The van der Waals surface area contributed by atoms with Gasteiger partial charge in [-0.15, -0.1) is 11.3 Å². The highest BCUT2D eigenvalue weighted by Gasteiger charge is 2.11. The third kappa shape index (κ3) is 1.87. The summed E-state index contributed by atoms with van der Waals surface area (Å²) in [6.45, 7) is 2.00. The monoisotopic (exact) mass is 278 g/mol. The lowest BCUT2D eigenvalue weighted by atomic mass is 10.2. The van der Waals surface area contributed by atoms with E-state index in [0.717, 1.165) is 9.75 Å². The van der Waals surface area contributed by atoms with Gasteiger partial charge in [-0.1, -0.05) is 17.7 Å². The van der Waals surface area contributed by atoms with Gasteiger partial charge in [-0.2, -0.15) is 0 Å². The molecule has 3 rings (SSSR count). The second-order valence-electron chi connectivity index (χ2n) is 3.88. The van der Waals surface area contributed by atoms with Crippen LogP contribution in [0.15, 0.2) is 30.3 Å². The SMILES string of the molecule is Cc1ccc(-c2nc(Cl)c3cccc(F)c3n2)s1. The Morgan fingerprint density at radius 2 is 2.00 bits per heavy atom. The summed E-state index contributed by atoms with van der Waals surface area (Å²) in [5.41, 5.74) is 0.263. The van der Waals surface area contributed by atoms with Crippen molar-refractivity contribution in [1.82, 2.24) is 9.97 Å². The van der Waals surface area contributed by atoms with Crippen LogP contribution in [0.4, 0.5) is 4.39 Å². The Balaban J connectivity index is 2.29. The quantitative estimate of drug-likeness (QED) is 0.614. The van der Waals surface area contributed by atoms with Crippen LogP contribution in [0, 0.1) is 12.7 Å². The van der Waals surface area contributed by atoms with Gasteiger partial charge in [0.25, 0.3) is 0 Å². The predicted octanol–water partition coefficient (Wildman–Crippen LogP) is 4.46.